The van der Waals surface area contributed by atoms with Gasteiger partial charge in [0.1, 0.15) is 10.5 Å². The van der Waals surface area contributed by atoms with Gasteiger partial charge in [-0.3, -0.25) is 9.59 Å². The van der Waals surface area contributed by atoms with Crippen molar-refractivity contribution >= 4 is 33.5 Å². The Morgan fingerprint density at radius 2 is 1.40 bits per heavy atom. The van der Waals surface area contributed by atoms with Crippen molar-refractivity contribution in [2.45, 2.75) is 29.8 Å². The second-order valence-electron chi connectivity index (χ2n) is 3.15. The highest BCUT2D eigenvalue weighted by atomic mass is 33.1. The van der Waals surface area contributed by atoms with Gasteiger partial charge in [-0.1, -0.05) is 21.6 Å². The summed E-state index contributed by atoms with van der Waals surface area (Å²) >= 11 is 0. The maximum absolute atomic E-state index is 11.3. The van der Waals surface area contributed by atoms with E-state index >= 15 is 0 Å². The standard InChI is InChI=1S/C9H14O4S2/c1-12-8(10)6-4-3-5-7(15-14-6)9(11)13-2/h6-7H,3-5H2,1-2H3/t6-,7+. The van der Waals surface area contributed by atoms with Gasteiger partial charge in [-0.05, 0) is 19.3 Å². The van der Waals surface area contributed by atoms with Crippen molar-refractivity contribution in [2.75, 3.05) is 14.2 Å². The van der Waals surface area contributed by atoms with Crippen LogP contribution in [0.4, 0.5) is 0 Å². The van der Waals surface area contributed by atoms with Crippen LogP contribution in [0.15, 0.2) is 0 Å². The van der Waals surface area contributed by atoms with Crippen LogP contribution in [0.25, 0.3) is 0 Å². The number of esters is 2. The van der Waals surface area contributed by atoms with Crippen LogP contribution in [0.3, 0.4) is 0 Å². The van der Waals surface area contributed by atoms with Crippen molar-refractivity contribution < 1.29 is 19.1 Å². The van der Waals surface area contributed by atoms with Crippen molar-refractivity contribution in [3.05, 3.63) is 0 Å². The molecule has 6 heteroatoms. The molecule has 1 aliphatic rings. The summed E-state index contributed by atoms with van der Waals surface area (Å²) in [6.07, 6.45) is 2.37. The monoisotopic (exact) mass is 250 g/mol. The van der Waals surface area contributed by atoms with Crippen LogP contribution in [-0.2, 0) is 19.1 Å². The molecule has 2 atom stereocenters. The van der Waals surface area contributed by atoms with Gasteiger partial charge in [0.2, 0.25) is 0 Å². The second kappa shape index (κ2) is 6.27. The van der Waals surface area contributed by atoms with E-state index in [0.717, 1.165) is 19.3 Å². The third-order valence-electron chi connectivity index (χ3n) is 2.15. The van der Waals surface area contributed by atoms with E-state index in [2.05, 4.69) is 9.47 Å². The third-order valence-corrected chi connectivity index (χ3v) is 5.31. The van der Waals surface area contributed by atoms with Gasteiger partial charge in [-0.15, -0.1) is 0 Å². The van der Waals surface area contributed by atoms with Gasteiger partial charge in [0.05, 0.1) is 14.2 Å². The van der Waals surface area contributed by atoms with Gasteiger partial charge in [-0.25, -0.2) is 0 Å². The minimum atomic E-state index is -0.210. The first kappa shape index (κ1) is 12.7. The SMILES string of the molecule is COC(=O)[C@@H]1CCC[C@H](C(=O)OC)SS1. The maximum atomic E-state index is 11.3. The van der Waals surface area contributed by atoms with E-state index in [9.17, 15) is 9.59 Å². The number of carbonyl (C=O) groups excluding carboxylic acids is 2. The predicted octanol–water partition coefficient (Wildman–Crippen LogP) is 1.63. The Balaban J connectivity index is 2.48. The molecule has 0 amide bonds. The van der Waals surface area contributed by atoms with Crippen molar-refractivity contribution in [3.63, 3.8) is 0 Å². The lowest BCUT2D eigenvalue weighted by molar-refractivity contribution is -0.140. The van der Waals surface area contributed by atoms with E-state index in [-0.39, 0.29) is 22.4 Å². The molecular weight excluding hydrogens is 236 g/mol. The molecule has 1 heterocycles. The highest BCUT2D eigenvalue weighted by molar-refractivity contribution is 8.77. The van der Waals surface area contributed by atoms with Gasteiger partial charge in [0.15, 0.2) is 0 Å². The average molecular weight is 250 g/mol. The molecule has 86 valence electrons. The van der Waals surface area contributed by atoms with Crippen molar-refractivity contribution in [1.82, 2.24) is 0 Å². The van der Waals surface area contributed by atoms with Crippen LogP contribution in [0.2, 0.25) is 0 Å². The summed E-state index contributed by atoms with van der Waals surface area (Å²) in [6.45, 7) is 0. The fraction of sp³-hybridized carbons (Fsp3) is 0.778. The fourth-order valence-corrected chi connectivity index (χ4v) is 4.29. The zero-order chi connectivity index (χ0) is 11.3. The zero-order valence-electron chi connectivity index (χ0n) is 8.73. The summed E-state index contributed by atoms with van der Waals surface area (Å²) in [5.74, 6) is -0.420. The lowest BCUT2D eigenvalue weighted by Gasteiger charge is -2.10. The van der Waals surface area contributed by atoms with Crippen molar-refractivity contribution in [3.8, 4) is 0 Å². The van der Waals surface area contributed by atoms with E-state index in [4.69, 9.17) is 0 Å². The first-order valence-electron chi connectivity index (χ1n) is 4.66. The molecule has 1 saturated heterocycles. The van der Waals surface area contributed by atoms with Crippen molar-refractivity contribution in [2.24, 2.45) is 0 Å². The fourth-order valence-electron chi connectivity index (χ4n) is 1.30. The van der Waals surface area contributed by atoms with Crippen LogP contribution in [0.5, 0.6) is 0 Å². The van der Waals surface area contributed by atoms with Crippen molar-refractivity contribution in [1.29, 1.82) is 0 Å². The molecule has 0 spiro atoms. The summed E-state index contributed by atoms with van der Waals surface area (Å²) in [5, 5.41) is -0.315. The van der Waals surface area contributed by atoms with E-state index in [1.165, 1.54) is 35.8 Å². The molecule has 0 bridgehead atoms. The lowest BCUT2D eigenvalue weighted by atomic mass is 10.1. The van der Waals surface area contributed by atoms with Crippen LogP contribution >= 0.6 is 21.6 Å². The maximum Gasteiger partial charge on any atom is 0.319 e. The molecule has 0 unspecified atom stereocenters. The van der Waals surface area contributed by atoms with E-state index in [1.54, 1.807) is 0 Å². The van der Waals surface area contributed by atoms with Crippen LogP contribution in [0.1, 0.15) is 19.3 Å². The first-order valence-corrected chi connectivity index (χ1v) is 6.94. The molecule has 0 radical (unpaired) electrons. The average Bonchev–Trinajstić information content (AvgIpc) is 2.52. The summed E-state index contributed by atoms with van der Waals surface area (Å²) in [6, 6.07) is 0. The molecule has 1 rings (SSSR count). The van der Waals surface area contributed by atoms with Gasteiger partial charge < -0.3 is 9.47 Å². The minimum absolute atomic E-state index is 0.158. The van der Waals surface area contributed by atoms with Crippen LogP contribution in [0, 0.1) is 0 Å². The summed E-state index contributed by atoms with van der Waals surface area (Å²) in [5.41, 5.74) is 0. The molecular formula is C9H14O4S2. The van der Waals surface area contributed by atoms with E-state index in [0.29, 0.717) is 0 Å². The van der Waals surface area contributed by atoms with E-state index in [1.807, 2.05) is 0 Å². The molecule has 0 saturated carbocycles. The molecule has 15 heavy (non-hydrogen) atoms. The zero-order valence-corrected chi connectivity index (χ0v) is 10.4. The Hall–Kier alpha value is -0.360. The third kappa shape index (κ3) is 3.61. The van der Waals surface area contributed by atoms with Crippen LogP contribution in [-0.4, -0.2) is 36.7 Å². The summed E-state index contributed by atoms with van der Waals surface area (Å²) in [4.78, 5) is 22.6. The molecule has 0 aromatic rings. The number of ether oxygens (including phenoxy) is 2. The molecule has 1 aliphatic heterocycles. The van der Waals surface area contributed by atoms with Gasteiger partial charge in [-0.2, -0.15) is 0 Å². The number of carbonyl (C=O) groups is 2. The Labute approximate surface area is 96.8 Å². The quantitative estimate of drug-likeness (QED) is 0.548. The van der Waals surface area contributed by atoms with E-state index < -0.39 is 0 Å². The number of hydrogen-bond acceptors (Lipinski definition) is 6. The molecule has 4 nitrogen and oxygen atoms in total. The second-order valence-corrected chi connectivity index (χ2v) is 5.82. The highest BCUT2D eigenvalue weighted by Crippen LogP contribution is 2.40. The first-order chi connectivity index (χ1) is 7.19. The molecule has 1 fully saturated rings. The molecule has 0 aliphatic carbocycles. The van der Waals surface area contributed by atoms with Gasteiger partial charge in [0, 0.05) is 0 Å². The number of methoxy groups -OCH3 is 2. The highest BCUT2D eigenvalue weighted by Gasteiger charge is 2.29. The van der Waals surface area contributed by atoms with Gasteiger partial charge >= 0.3 is 11.9 Å². The Kier molecular flexibility index (Phi) is 5.31. The summed E-state index contributed by atoms with van der Waals surface area (Å²) in [7, 11) is 5.59. The van der Waals surface area contributed by atoms with Gasteiger partial charge in [0.25, 0.3) is 0 Å². The predicted molar refractivity (Wildman–Crippen MR) is 60.6 cm³/mol. The topological polar surface area (TPSA) is 52.6 Å². The van der Waals surface area contributed by atoms with Crippen LogP contribution < -0.4 is 0 Å². The lowest BCUT2D eigenvalue weighted by Crippen LogP contribution is -2.17. The Morgan fingerprint density at radius 3 is 1.73 bits per heavy atom. The number of rotatable bonds is 2. The largest absolute Gasteiger partial charge is 0.468 e. The smallest absolute Gasteiger partial charge is 0.319 e. The minimum Gasteiger partial charge on any atom is -0.468 e. The Bertz CT molecular complexity index is 220. The molecule has 0 aromatic carbocycles. The normalized spacial score (nSPS) is 26.5. The molecule has 0 aromatic heterocycles. The number of hydrogen-bond donors (Lipinski definition) is 0. The Morgan fingerprint density at radius 1 is 1.00 bits per heavy atom. The molecule has 0 N–H and O–H groups in total. The summed E-state index contributed by atoms with van der Waals surface area (Å²) < 4.78 is 9.36.